The van der Waals surface area contributed by atoms with Crippen LogP contribution in [0.2, 0.25) is 0 Å². The first-order valence-electron chi connectivity index (χ1n) is 8.88. The van der Waals surface area contributed by atoms with Gasteiger partial charge in [0.25, 0.3) is 10.0 Å². The molecule has 0 atom stereocenters. The minimum Gasteiger partial charge on any atom is -0.237 e. The van der Waals surface area contributed by atoms with E-state index in [0.717, 1.165) is 28.5 Å². The molecule has 27 heavy (non-hydrogen) atoms. The molecule has 5 heteroatoms. The van der Waals surface area contributed by atoms with Gasteiger partial charge in [-0.15, -0.1) is 0 Å². The highest BCUT2D eigenvalue weighted by molar-refractivity contribution is 7.90. The van der Waals surface area contributed by atoms with Gasteiger partial charge in [-0.05, 0) is 54.3 Å². The predicted molar refractivity (Wildman–Crippen MR) is 108 cm³/mol. The Morgan fingerprint density at radius 1 is 1.00 bits per heavy atom. The van der Waals surface area contributed by atoms with Crippen LogP contribution in [-0.2, 0) is 16.4 Å². The van der Waals surface area contributed by atoms with Gasteiger partial charge in [0.15, 0.2) is 5.65 Å². The van der Waals surface area contributed by atoms with E-state index in [2.05, 4.69) is 24.0 Å². The Hall–Kier alpha value is -2.92. The third-order valence-electron chi connectivity index (χ3n) is 4.78. The summed E-state index contributed by atoms with van der Waals surface area (Å²) >= 11 is 0. The lowest BCUT2D eigenvalue weighted by atomic mass is 10.0. The number of pyridine rings is 1. The van der Waals surface area contributed by atoms with E-state index in [1.165, 1.54) is 9.54 Å². The Balaban J connectivity index is 1.89. The smallest absolute Gasteiger partial charge is 0.237 e. The zero-order valence-corrected chi connectivity index (χ0v) is 16.1. The Kier molecular flexibility index (Phi) is 4.32. The number of aryl methyl sites for hydroxylation is 2. The van der Waals surface area contributed by atoms with E-state index in [9.17, 15) is 8.42 Å². The van der Waals surface area contributed by atoms with E-state index >= 15 is 0 Å². The van der Waals surface area contributed by atoms with Gasteiger partial charge in [-0.3, -0.25) is 0 Å². The molecule has 0 unspecified atom stereocenters. The van der Waals surface area contributed by atoms with Crippen molar-refractivity contribution in [2.24, 2.45) is 0 Å². The molecule has 4 nitrogen and oxygen atoms in total. The van der Waals surface area contributed by atoms with Crippen LogP contribution in [0.1, 0.15) is 18.1 Å². The van der Waals surface area contributed by atoms with Gasteiger partial charge in [0.2, 0.25) is 0 Å². The molecule has 0 bridgehead atoms. The van der Waals surface area contributed by atoms with Crippen LogP contribution in [0.25, 0.3) is 22.2 Å². The fourth-order valence-corrected chi connectivity index (χ4v) is 4.54. The van der Waals surface area contributed by atoms with Gasteiger partial charge >= 0.3 is 0 Å². The maximum atomic E-state index is 13.1. The third-order valence-corrected chi connectivity index (χ3v) is 6.46. The maximum Gasteiger partial charge on any atom is 0.269 e. The third kappa shape index (κ3) is 3.04. The lowest BCUT2D eigenvalue weighted by Gasteiger charge is -2.09. The van der Waals surface area contributed by atoms with Gasteiger partial charge in [0.05, 0.1) is 4.90 Å². The summed E-state index contributed by atoms with van der Waals surface area (Å²) in [6.07, 6.45) is 4.20. The van der Waals surface area contributed by atoms with Gasteiger partial charge in [-0.25, -0.2) is 17.4 Å². The summed E-state index contributed by atoms with van der Waals surface area (Å²) in [6.45, 7) is 4.05. The van der Waals surface area contributed by atoms with E-state index in [-0.39, 0.29) is 4.90 Å². The summed E-state index contributed by atoms with van der Waals surface area (Å²) in [5, 5.41) is 0.821. The van der Waals surface area contributed by atoms with Gasteiger partial charge < -0.3 is 0 Å². The van der Waals surface area contributed by atoms with Gasteiger partial charge in [-0.2, -0.15) is 0 Å². The van der Waals surface area contributed by atoms with Crippen molar-refractivity contribution in [1.82, 2.24) is 8.96 Å². The molecule has 0 N–H and O–H groups in total. The number of fused-ring (bicyclic) bond motifs is 1. The highest BCUT2D eigenvalue weighted by Gasteiger charge is 2.20. The molecule has 4 aromatic rings. The van der Waals surface area contributed by atoms with E-state index < -0.39 is 10.0 Å². The zero-order chi connectivity index (χ0) is 19.0. The van der Waals surface area contributed by atoms with E-state index in [0.29, 0.717) is 5.65 Å². The van der Waals surface area contributed by atoms with Crippen molar-refractivity contribution in [2.45, 2.75) is 25.2 Å². The summed E-state index contributed by atoms with van der Waals surface area (Å²) in [7, 11) is -3.70. The first-order valence-corrected chi connectivity index (χ1v) is 10.3. The van der Waals surface area contributed by atoms with Gasteiger partial charge in [-0.1, -0.05) is 48.9 Å². The molecule has 0 amide bonds. The molecule has 0 fully saturated rings. The van der Waals surface area contributed by atoms with Crippen molar-refractivity contribution in [3.05, 3.63) is 84.2 Å². The van der Waals surface area contributed by atoms with Crippen LogP contribution in [-0.4, -0.2) is 17.4 Å². The predicted octanol–water partition coefficient (Wildman–Crippen LogP) is 4.81. The Bertz CT molecular complexity index is 1220. The number of hydrogen-bond acceptors (Lipinski definition) is 3. The molecule has 0 saturated carbocycles. The van der Waals surface area contributed by atoms with Crippen molar-refractivity contribution >= 4 is 21.1 Å². The topological polar surface area (TPSA) is 52.0 Å². The minimum atomic E-state index is -3.70. The largest absolute Gasteiger partial charge is 0.269 e. The molecule has 2 aromatic heterocycles. The monoisotopic (exact) mass is 376 g/mol. The molecule has 0 aliphatic heterocycles. The van der Waals surface area contributed by atoms with E-state index in [4.69, 9.17) is 0 Å². The van der Waals surface area contributed by atoms with E-state index in [1.807, 2.05) is 31.2 Å². The molecule has 2 heterocycles. The first kappa shape index (κ1) is 17.5. The number of rotatable bonds is 4. The van der Waals surface area contributed by atoms with Gasteiger partial charge in [0, 0.05) is 17.8 Å². The number of aromatic nitrogens is 2. The van der Waals surface area contributed by atoms with Crippen molar-refractivity contribution in [3.63, 3.8) is 0 Å². The second kappa shape index (κ2) is 6.67. The Labute approximate surface area is 159 Å². The molecule has 0 aliphatic rings. The number of hydrogen-bond donors (Lipinski definition) is 0. The summed E-state index contributed by atoms with van der Waals surface area (Å²) in [6, 6.07) is 18.9. The van der Waals surface area contributed by atoms with Crippen LogP contribution in [0.3, 0.4) is 0 Å². The number of nitrogens with zero attached hydrogens (tertiary/aromatic N) is 2. The Morgan fingerprint density at radius 2 is 1.78 bits per heavy atom. The second-order valence-corrected chi connectivity index (χ2v) is 8.39. The van der Waals surface area contributed by atoms with Gasteiger partial charge in [0.1, 0.15) is 0 Å². The van der Waals surface area contributed by atoms with E-state index in [1.54, 1.807) is 36.7 Å². The molecular weight excluding hydrogens is 356 g/mol. The normalized spacial score (nSPS) is 11.8. The summed E-state index contributed by atoms with van der Waals surface area (Å²) < 4.78 is 27.4. The molecule has 0 aliphatic carbocycles. The van der Waals surface area contributed by atoms with Crippen molar-refractivity contribution in [2.75, 3.05) is 0 Å². The second-order valence-electron chi connectivity index (χ2n) is 6.58. The highest BCUT2D eigenvalue weighted by Crippen LogP contribution is 2.30. The van der Waals surface area contributed by atoms with Crippen molar-refractivity contribution < 1.29 is 8.42 Å². The molecule has 0 spiro atoms. The molecule has 0 radical (unpaired) electrons. The van der Waals surface area contributed by atoms with Crippen molar-refractivity contribution in [1.29, 1.82) is 0 Å². The maximum absolute atomic E-state index is 13.1. The average Bonchev–Trinajstić information content (AvgIpc) is 3.13. The van der Waals surface area contributed by atoms with Crippen LogP contribution in [0.4, 0.5) is 0 Å². The highest BCUT2D eigenvalue weighted by atomic mass is 32.2. The average molecular weight is 376 g/mol. The van der Waals surface area contributed by atoms with Crippen molar-refractivity contribution in [3.8, 4) is 11.1 Å². The van der Waals surface area contributed by atoms with Crippen LogP contribution in [0.5, 0.6) is 0 Å². The lowest BCUT2D eigenvalue weighted by Crippen LogP contribution is -2.12. The standard InChI is InChI=1S/C22H20N2O2S/c1-3-17-5-4-6-18(15-17)20-11-13-23-22-21(20)12-14-24(22)27(25,26)19-9-7-16(2)8-10-19/h4-15H,3H2,1-2H3. The lowest BCUT2D eigenvalue weighted by molar-refractivity contribution is 0.588. The molecule has 136 valence electrons. The summed E-state index contributed by atoms with van der Waals surface area (Å²) in [5.41, 5.74) is 4.74. The first-order chi connectivity index (χ1) is 13.0. The fraction of sp³-hybridized carbons (Fsp3) is 0.136. The molecule has 2 aromatic carbocycles. The van der Waals surface area contributed by atoms with Crippen LogP contribution in [0, 0.1) is 6.92 Å². The quantitative estimate of drug-likeness (QED) is 0.513. The van der Waals surface area contributed by atoms with Crippen LogP contribution in [0.15, 0.2) is 78.0 Å². The number of benzene rings is 2. The Morgan fingerprint density at radius 3 is 2.52 bits per heavy atom. The summed E-state index contributed by atoms with van der Waals surface area (Å²) in [5.74, 6) is 0. The van der Waals surface area contributed by atoms with Crippen LogP contribution >= 0.6 is 0 Å². The summed E-state index contributed by atoms with van der Waals surface area (Å²) in [4.78, 5) is 4.62. The SMILES string of the molecule is CCc1cccc(-c2ccnc3c2ccn3S(=O)(=O)c2ccc(C)cc2)c1. The molecule has 4 rings (SSSR count). The fourth-order valence-electron chi connectivity index (χ4n) is 3.24. The zero-order valence-electron chi connectivity index (χ0n) is 15.3. The van der Waals surface area contributed by atoms with Crippen LogP contribution < -0.4 is 0 Å². The molecule has 0 saturated heterocycles. The molecular formula is C22H20N2O2S. The minimum absolute atomic E-state index is 0.255.